The molecule has 0 fully saturated rings. The molecular formula is C19H18ClN5O3. The van der Waals surface area contributed by atoms with Crippen LogP contribution < -0.4 is 16.6 Å². The van der Waals surface area contributed by atoms with E-state index in [0.717, 1.165) is 5.39 Å². The van der Waals surface area contributed by atoms with Crippen molar-refractivity contribution in [2.45, 2.75) is 26.9 Å². The molecule has 0 saturated carbocycles. The Kier molecular flexibility index (Phi) is 4.64. The molecule has 4 rings (SSSR count). The number of hydrogen-bond acceptors (Lipinski definition) is 6. The van der Waals surface area contributed by atoms with E-state index in [1.807, 2.05) is 13.8 Å². The van der Waals surface area contributed by atoms with Gasteiger partial charge in [0.05, 0.1) is 6.20 Å². The Morgan fingerprint density at radius 2 is 2.11 bits per heavy atom. The predicted octanol–water partition coefficient (Wildman–Crippen LogP) is 3.15. The van der Waals surface area contributed by atoms with Gasteiger partial charge in [0.2, 0.25) is 5.95 Å². The van der Waals surface area contributed by atoms with Crippen LogP contribution in [-0.2, 0) is 13.1 Å². The normalized spacial score (nSPS) is 11.6. The average Bonchev–Trinajstić information content (AvgIpc) is 2.95. The summed E-state index contributed by atoms with van der Waals surface area (Å²) in [7, 11) is 0. The molecule has 0 aliphatic heterocycles. The summed E-state index contributed by atoms with van der Waals surface area (Å²) in [4.78, 5) is 35.7. The molecule has 0 saturated heterocycles. The monoisotopic (exact) mass is 399 g/mol. The third-order valence-electron chi connectivity index (χ3n) is 4.28. The number of nitrogens with zero attached hydrogens (tertiary/aromatic N) is 3. The molecular weight excluding hydrogens is 382 g/mol. The van der Waals surface area contributed by atoms with Crippen LogP contribution in [0.2, 0.25) is 5.02 Å². The van der Waals surface area contributed by atoms with E-state index in [0.29, 0.717) is 39.8 Å². The first-order valence-electron chi connectivity index (χ1n) is 8.82. The molecule has 0 aliphatic rings. The van der Waals surface area contributed by atoms with Crippen molar-refractivity contribution in [3.8, 4) is 0 Å². The molecule has 4 aromatic rings. The fourth-order valence-electron chi connectivity index (χ4n) is 3.00. The highest BCUT2D eigenvalue weighted by Gasteiger charge is 2.13. The zero-order chi connectivity index (χ0) is 19.8. The molecule has 2 N–H and O–H groups in total. The lowest BCUT2D eigenvalue weighted by Gasteiger charge is -2.07. The summed E-state index contributed by atoms with van der Waals surface area (Å²) in [6.45, 7) is 4.72. The summed E-state index contributed by atoms with van der Waals surface area (Å²) in [6, 6.07) is 7.05. The fourth-order valence-corrected chi connectivity index (χ4v) is 3.18. The summed E-state index contributed by atoms with van der Waals surface area (Å²) in [5, 5.41) is 4.46. The van der Waals surface area contributed by atoms with E-state index in [9.17, 15) is 9.59 Å². The fraction of sp³-hybridized carbons (Fsp3) is 0.263. The van der Waals surface area contributed by atoms with Crippen molar-refractivity contribution in [2.75, 3.05) is 5.32 Å². The summed E-state index contributed by atoms with van der Waals surface area (Å²) >= 11 is 6.03. The molecule has 0 spiro atoms. The lowest BCUT2D eigenvalue weighted by atomic mass is 10.1. The zero-order valence-electron chi connectivity index (χ0n) is 15.3. The zero-order valence-corrected chi connectivity index (χ0v) is 16.1. The molecule has 3 aromatic heterocycles. The number of halogens is 1. The van der Waals surface area contributed by atoms with Gasteiger partial charge in [-0.05, 0) is 30.2 Å². The maximum atomic E-state index is 12.3. The third-order valence-corrected chi connectivity index (χ3v) is 4.51. The summed E-state index contributed by atoms with van der Waals surface area (Å²) in [6.07, 6.45) is 1.45. The van der Waals surface area contributed by atoms with E-state index in [1.165, 1.54) is 10.8 Å². The minimum Gasteiger partial charge on any atom is -0.404 e. The molecule has 1 aromatic carbocycles. The second-order valence-electron chi connectivity index (χ2n) is 6.96. The van der Waals surface area contributed by atoms with Crippen LogP contribution in [0.1, 0.15) is 19.4 Å². The van der Waals surface area contributed by atoms with Crippen molar-refractivity contribution in [3.05, 3.63) is 62.0 Å². The van der Waals surface area contributed by atoms with Crippen molar-refractivity contribution >= 4 is 39.7 Å². The number of aromatic nitrogens is 4. The summed E-state index contributed by atoms with van der Waals surface area (Å²) in [5.41, 5.74) is 1.78. The molecule has 0 atom stereocenters. The van der Waals surface area contributed by atoms with Crippen LogP contribution in [0, 0.1) is 5.92 Å². The largest absolute Gasteiger partial charge is 0.421 e. The van der Waals surface area contributed by atoms with Crippen molar-refractivity contribution in [3.63, 3.8) is 0 Å². The predicted molar refractivity (Wildman–Crippen MR) is 108 cm³/mol. The Balaban J connectivity index is 1.63. The van der Waals surface area contributed by atoms with Crippen LogP contribution in [0.5, 0.6) is 0 Å². The summed E-state index contributed by atoms with van der Waals surface area (Å²) in [5.74, 6) is 0.0993. The maximum Gasteiger partial charge on any atom is 0.421 e. The van der Waals surface area contributed by atoms with Gasteiger partial charge < -0.3 is 14.7 Å². The minimum absolute atomic E-state index is 0.205. The number of pyridine rings is 1. The first-order valence-corrected chi connectivity index (χ1v) is 9.20. The van der Waals surface area contributed by atoms with E-state index in [4.69, 9.17) is 16.0 Å². The number of hydrogen-bond donors (Lipinski definition) is 2. The number of H-pyrrole nitrogens is 1. The molecule has 9 heteroatoms. The van der Waals surface area contributed by atoms with Crippen LogP contribution in [0.25, 0.3) is 22.1 Å². The van der Waals surface area contributed by atoms with Gasteiger partial charge in [-0.25, -0.2) is 9.78 Å². The highest BCUT2D eigenvalue weighted by molar-refractivity contribution is 6.31. The van der Waals surface area contributed by atoms with Gasteiger partial charge in [0.15, 0.2) is 11.2 Å². The number of fused-ring (bicyclic) bond motifs is 2. The first kappa shape index (κ1) is 18.2. The highest BCUT2D eigenvalue weighted by atomic mass is 35.5. The maximum absolute atomic E-state index is 12.3. The van der Waals surface area contributed by atoms with Crippen molar-refractivity contribution in [1.29, 1.82) is 0 Å². The van der Waals surface area contributed by atoms with E-state index in [2.05, 4.69) is 20.3 Å². The van der Waals surface area contributed by atoms with Gasteiger partial charge in [0, 0.05) is 34.6 Å². The molecule has 144 valence electrons. The second kappa shape index (κ2) is 7.12. The van der Waals surface area contributed by atoms with Crippen LogP contribution in [0.4, 0.5) is 5.95 Å². The van der Waals surface area contributed by atoms with E-state index in [-0.39, 0.29) is 18.0 Å². The van der Waals surface area contributed by atoms with Gasteiger partial charge in [-0.1, -0.05) is 25.4 Å². The molecule has 8 nitrogen and oxygen atoms in total. The van der Waals surface area contributed by atoms with Gasteiger partial charge in [-0.3, -0.25) is 9.36 Å². The van der Waals surface area contributed by atoms with Crippen molar-refractivity contribution in [2.24, 2.45) is 5.92 Å². The van der Waals surface area contributed by atoms with Crippen molar-refractivity contribution in [1.82, 2.24) is 19.5 Å². The topological polar surface area (TPSA) is 106 Å². The number of rotatable bonds is 5. The van der Waals surface area contributed by atoms with Gasteiger partial charge >= 0.3 is 5.76 Å². The lowest BCUT2D eigenvalue weighted by Crippen LogP contribution is -2.18. The molecule has 0 unspecified atom stereocenters. The Labute approximate surface area is 164 Å². The average molecular weight is 400 g/mol. The Bertz CT molecular complexity index is 1290. The quantitative estimate of drug-likeness (QED) is 0.534. The van der Waals surface area contributed by atoms with Crippen molar-refractivity contribution < 1.29 is 4.42 Å². The first-order chi connectivity index (χ1) is 13.4. The number of aromatic amines is 1. The number of benzene rings is 1. The number of nitrogens with one attached hydrogen (secondary N) is 2. The molecule has 3 heterocycles. The minimum atomic E-state index is -0.460. The van der Waals surface area contributed by atoms with E-state index < -0.39 is 5.76 Å². The van der Waals surface area contributed by atoms with E-state index >= 15 is 0 Å². The highest BCUT2D eigenvalue weighted by Crippen LogP contribution is 2.18. The van der Waals surface area contributed by atoms with E-state index in [1.54, 1.807) is 24.3 Å². The SMILES string of the molecule is CC(C)Cn1c(=O)oc2cnc(NCc3cc4cc(Cl)ccc4[nH]c3=O)nc21. The van der Waals surface area contributed by atoms with Gasteiger partial charge in [0.25, 0.3) is 5.56 Å². The van der Waals surface area contributed by atoms with Crippen LogP contribution in [0.3, 0.4) is 0 Å². The molecule has 0 radical (unpaired) electrons. The number of anilines is 1. The van der Waals surface area contributed by atoms with Gasteiger partial charge in [-0.15, -0.1) is 0 Å². The van der Waals surface area contributed by atoms with Gasteiger partial charge in [-0.2, -0.15) is 4.98 Å². The number of oxazole rings is 1. The lowest BCUT2D eigenvalue weighted by molar-refractivity contribution is 0.458. The standard InChI is InChI=1S/C19H18ClN5O3/c1-10(2)9-25-16-15(28-19(25)27)8-22-18(24-16)21-7-12-5-11-6-13(20)3-4-14(11)23-17(12)26/h3-6,8,10H,7,9H2,1-2H3,(H,23,26)(H,21,22,24). The van der Waals surface area contributed by atoms with Crippen LogP contribution in [0.15, 0.2) is 44.5 Å². The molecule has 0 aliphatic carbocycles. The Morgan fingerprint density at radius 1 is 1.29 bits per heavy atom. The molecule has 0 amide bonds. The van der Waals surface area contributed by atoms with Gasteiger partial charge in [0.1, 0.15) is 0 Å². The molecule has 28 heavy (non-hydrogen) atoms. The van der Waals surface area contributed by atoms with Crippen LogP contribution in [-0.4, -0.2) is 19.5 Å². The smallest absolute Gasteiger partial charge is 0.404 e. The third kappa shape index (κ3) is 3.50. The van der Waals surface area contributed by atoms with Crippen LogP contribution >= 0.6 is 11.6 Å². The Morgan fingerprint density at radius 3 is 2.89 bits per heavy atom. The Hall–Kier alpha value is -3.13. The summed E-state index contributed by atoms with van der Waals surface area (Å²) < 4.78 is 6.67. The second-order valence-corrected chi connectivity index (χ2v) is 7.40. The molecule has 0 bridgehead atoms.